The third-order valence-corrected chi connectivity index (χ3v) is 5.22. The maximum Gasteiger partial charge on any atom is 0.170 e. The Labute approximate surface area is 159 Å². The van der Waals surface area contributed by atoms with Gasteiger partial charge in [-0.2, -0.15) is 11.3 Å². The van der Waals surface area contributed by atoms with E-state index in [0.717, 1.165) is 43.4 Å². The van der Waals surface area contributed by atoms with Crippen LogP contribution in [0.1, 0.15) is 0 Å². The molecular weight excluding hydrogens is 362 g/mol. The van der Waals surface area contributed by atoms with Crippen LogP contribution in [0.3, 0.4) is 0 Å². The minimum Gasteiger partial charge on any atom is -0.382 e. The van der Waals surface area contributed by atoms with Crippen molar-refractivity contribution in [3.63, 3.8) is 0 Å². The van der Waals surface area contributed by atoms with Crippen molar-refractivity contribution < 1.29 is 4.74 Å². The highest BCUT2D eigenvalue weighted by Crippen LogP contribution is 2.25. The molecule has 5 heterocycles. The van der Waals surface area contributed by atoms with Crippen molar-refractivity contribution in [1.82, 2.24) is 24.5 Å². The number of morpholine rings is 1. The Kier molecular flexibility index (Phi) is 3.95. The molecule has 2 N–H and O–H groups in total. The van der Waals surface area contributed by atoms with Gasteiger partial charge >= 0.3 is 0 Å². The van der Waals surface area contributed by atoms with Crippen LogP contribution in [-0.4, -0.2) is 50.8 Å². The first-order chi connectivity index (χ1) is 13.3. The molecule has 1 aliphatic rings. The van der Waals surface area contributed by atoms with Gasteiger partial charge in [0.25, 0.3) is 0 Å². The van der Waals surface area contributed by atoms with Crippen molar-refractivity contribution in [2.45, 2.75) is 0 Å². The van der Waals surface area contributed by atoms with Gasteiger partial charge in [0.1, 0.15) is 12.1 Å². The average molecular weight is 379 g/mol. The summed E-state index contributed by atoms with van der Waals surface area (Å²) in [6.07, 6.45) is 3.51. The number of nitrogen functional groups attached to an aromatic ring is 1. The fourth-order valence-electron chi connectivity index (χ4n) is 3.13. The Morgan fingerprint density at radius 3 is 2.70 bits per heavy atom. The van der Waals surface area contributed by atoms with E-state index in [2.05, 4.69) is 19.9 Å². The predicted molar refractivity (Wildman–Crippen MR) is 105 cm³/mol. The highest BCUT2D eigenvalue weighted by atomic mass is 32.1. The van der Waals surface area contributed by atoms with E-state index in [1.165, 1.54) is 0 Å². The number of ether oxygens (including phenoxy) is 1. The van der Waals surface area contributed by atoms with Crippen LogP contribution in [-0.2, 0) is 4.74 Å². The molecule has 0 saturated carbocycles. The molecule has 0 unspecified atom stereocenters. The number of fused-ring (bicyclic) bond motifs is 1. The molecular formula is C18H17N7OS. The summed E-state index contributed by atoms with van der Waals surface area (Å²) in [6.45, 7) is 3.15. The van der Waals surface area contributed by atoms with Crippen molar-refractivity contribution >= 4 is 34.1 Å². The number of nitrogens with two attached hydrogens (primary N) is 1. The quantitative estimate of drug-likeness (QED) is 0.584. The predicted octanol–water partition coefficient (Wildman–Crippen LogP) is 2.36. The van der Waals surface area contributed by atoms with Crippen molar-refractivity contribution in [1.29, 1.82) is 0 Å². The lowest BCUT2D eigenvalue weighted by Crippen LogP contribution is -2.36. The Morgan fingerprint density at radius 1 is 1.07 bits per heavy atom. The molecule has 0 bridgehead atoms. The van der Waals surface area contributed by atoms with E-state index < -0.39 is 0 Å². The standard InChI is InChI=1S/C18H17N7OS/c19-16-15-18(25(11-21-15)13-3-8-27-10-13)23-17(22-16)12-1-2-14(20-9-12)24-4-6-26-7-5-24/h1-3,8-11H,4-7H2,(H2,19,22,23). The molecule has 9 heteroatoms. The molecule has 0 atom stereocenters. The molecule has 27 heavy (non-hydrogen) atoms. The van der Waals surface area contributed by atoms with Crippen LogP contribution in [0.2, 0.25) is 0 Å². The first-order valence-corrected chi connectivity index (χ1v) is 9.56. The van der Waals surface area contributed by atoms with Gasteiger partial charge < -0.3 is 15.4 Å². The van der Waals surface area contributed by atoms with Crippen LogP contribution in [0.15, 0.2) is 41.5 Å². The largest absolute Gasteiger partial charge is 0.382 e. The molecule has 4 aromatic heterocycles. The van der Waals surface area contributed by atoms with Crippen molar-refractivity contribution in [3.8, 4) is 17.1 Å². The van der Waals surface area contributed by atoms with Gasteiger partial charge in [-0.25, -0.2) is 19.9 Å². The monoisotopic (exact) mass is 379 g/mol. The molecule has 0 amide bonds. The van der Waals surface area contributed by atoms with E-state index in [1.807, 2.05) is 33.5 Å². The zero-order valence-electron chi connectivity index (χ0n) is 14.4. The summed E-state index contributed by atoms with van der Waals surface area (Å²) in [7, 11) is 0. The number of imidazole rings is 1. The van der Waals surface area contributed by atoms with Gasteiger partial charge in [-0.05, 0) is 23.6 Å². The number of thiophene rings is 1. The first kappa shape index (κ1) is 16.2. The minimum atomic E-state index is 0.362. The summed E-state index contributed by atoms with van der Waals surface area (Å²) in [6, 6.07) is 5.98. The number of aromatic nitrogens is 5. The van der Waals surface area contributed by atoms with Gasteiger partial charge in [0.15, 0.2) is 22.8 Å². The van der Waals surface area contributed by atoms with E-state index in [9.17, 15) is 0 Å². The second kappa shape index (κ2) is 6.60. The molecule has 1 fully saturated rings. The first-order valence-electron chi connectivity index (χ1n) is 8.62. The Hall–Kier alpha value is -3.04. The van der Waals surface area contributed by atoms with Crippen LogP contribution in [0.25, 0.3) is 28.2 Å². The number of hydrogen-bond acceptors (Lipinski definition) is 8. The number of nitrogens with zero attached hydrogens (tertiary/aromatic N) is 6. The summed E-state index contributed by atoms with van der Waals surface area (Å²) in [5, 5.41) is 4.05. The van der Waals surface area contributed by atoms with Gasteiger partial charge in [-0.15, -0.1) is 0 Å². The van der Waals surface area contributed by atoms with Crippen LogP contribution >= 0.6 is 11.3 Å². The molecule has 4 aromatic rings. The molecule has 0 spiro atoms. The average Bonchev–Trinajstić information content (AvgIpc) is 3.38. The van der Waals surface area contributed by atoms with Gasteiger partial charge in [0.05, 0.1) is 18.9 Å². The maximum atomic E-state index is 6.14. The van der Waals surface area contributed by atoms with Crippen LogP contribution in [0, 0.1) is 0 Å². The smallest absolute Gasteiger partial charge is 0.170 e. The second-order valence-electron chi connectivity index (χ2n) is 6.21. The Morgan fingerprint density at radius 2 is 1.96 bits per heavy atom. The number of anilines is 2. The Bertz CT molecular complexity index is 1070. The van der Waals surface area contributed by atoms with E-state index >= 15 is 0 Å². The zero-order valence-corrected chi connectivity index (χ0v) is 15.3. The molecule has 1 aliphatic heterocycles. The summed E-state index contributed by atoms with van der Waals surface area (Å²) >= 11 is 1.62. The van der Waals surface area contributed by atoms with E-state index in [4.69, 9.17) is 15.5 Å². The minimum absolute atomic E-state index is 0.362. The number of hydrogen-bond donors (Lipinski definition) is 1. The molecule has 0 aliphatic carbocycles. The van der Waals surface area contributed by atoms with Gasteiger partial charge in [-0.3, -0.25) is 4.57 Å². The lowest BCUT2D eigenvalue weighted by molar-refractivity contribution is 0.122. The van der Waals surface area contributed by atoms with Crippen molar-refractivity contribution in [3.05, 3.63) is 41.5 Å². The fourth-order valence-corrected chi connectivity index (χ4v) is 3.76. The third-order valence-electron chi connectivity index (χ3n) is 4.55. The van der Waals surface area contributed by atoms with Crippen molar-refractivity contribution in [2.24, 2.45) is 0 Å². The zero-order chi connectivity index (χ0) is 18.2. The third kappa shape index (κ3) is 2.90. The van der Waals surface area contributed by atoms with Gasteiger partial charge in [0, 0.05) is 30.2 Å². The molecule has 0 radical (unpaired) electrons. The molecule has 136 valence electrons. The summed E-state index contributed by atoms with van der Waals surface area (Å²) in [4.78, 5) is 20.3. The van der Waals surface area contributed by atoms with E-state index in [-0.39, 0.29) is 0 Å². The highest BCUT2D eigenvalue weighted by Gasteiger charge is 2.16. The number of rotatable bonds is 3. The summed E-state index contributed by atoms with van der Waals surface area (Å²) < 4.78 is 7.31. The lowest BCUT2D eigenvalue weighted by Gasteiger charge is -2.27. The molecule has 5 rings (SSSR count). The fraction of sp³-hybridized carbons (Fsp3) is 0.222. The van der Waals surface area contributed by atoms with E-state index in [1.54, 1.807) is 23.9 Å². The van der Waals surface area contributed by atoms with E-state index in [0.29, 0.717) is 22.8 Å². The molecule has 8 nitrogen and oxygen atoms in total. The van der Waals surface area contributed by atoms with Crippen LogP contribution in [0.4, 0.5) is 11.6 Å². The van der Waals surface area contributed by atoms with Crippen LogP contribution in [0.5, 0.6) is 0 Å². The summed E-state index contributed by atoms with van der Waals surface area (Å²) in [5.74, 6) is 1.83. The summed E-state index contributed by atoms with van der Waals surface area (Å²) in [5.41, 5.74) is 9.25. The second-order valence-corrected chi connectivity index (χ2v) is 6.99. The molecule has 0 aromatic carbocycles. The van der Waals surface area contributed by atoms with Gasteiger partial charge in [0.2, 0.25) is 0 Å². The number of pyridine rings is 1. The Balaban J connectivity index is 1.53. The lowest BCUT2D eigenvalue weighted by atomic mass is 10.2. The van der Waals surface area contributed by atoms with Crippen molar-refractivity contribution in [2.75, 3.05) is 36.9 Å². The molecule has 1 saturated heterocycles. The topological polar surface area (TPSA) is 95.0 Å². The van der Waals surface area contributed by atoms with Gasteiger partial charge in [-0.1, -0.05) is 0 Å². The normalized spacial score (nSPS) is 14.7. The maximum absolute atomic E-state index is 6.14. The highest BCUT2D eigenvalue weighted by molar-refractivity contribution is 7.08. The van der Waals surface area contributed by atoms with Crippen LogP contribution < -0.4 is 10.6 Å². The SMILES string of the molecule is Nc1nc(-c2ccc(N3CCOCC3)nc2)nc2c1ncn2-c1ccsc1.